The molecule has 1 unspecified atom stereocenters. The second kappa shape index (κ2) is 9.48. The van der Waals surface area contributed by atoms with Gasteiger partial charge in [0.25, 0.3) is 5.91 Å². The van der Waals surface area contributed by atoms with E-state index in [1.54, 1.807) is 23.1 Å². The van der Waals surface area contributed by atoms with E-state index in [9.17, 15) is 13.2 Å². The molecule has 1 amide bonds. The van der Waals surface area contributed by atoms with Crippen molar-refractivity contribution in [3.63, 3.8) is 0 Å². The lowest BCUT2D eigenvalue weighted by molar-refractivity contribution is -0.0228. The first-order valence-electron chi connectivity index (χ1n) is 10.7. The minimum Gasteiger partial charge on any atom is -0.379 e. The van der Waals surface area contributed by atoms with Crippen LogP contribution < -0.4 is 0 Å². The molecule has 166 valence electrons. The molecule has 2 saturated heterocycles. The standard InChI is InChI=1S/C23H28N2O5S/c1-2-18-8-9-20(16-22(18)31(27,28)25-11-13-29-14-12-25)23(26)24-10-15-30-21(17-24)19-6-4-3-5-7-19/h3-9,16,21H,2,10-15,17H2,1H3. The molecule has 2 aliphatic heterocycles. The third kappa shape index (κ3) is 4.67. The van der Waals surface area contributed by atoms with Crippen LogP contribution in [0.15, 0.2) is 53.4 Å². The SMILES string of the molecule is CCc1ccc(C(=O)N2CCOC(c3ccccc3)C2)cc1S(=O)(=O)N1CCOCC1. The molecule has 1 atom stereocenters. The zero-order valence-corrected chi connectivity index (χ0v) is 18.5. The Balaban J connectivity index is 1.59. The molecule has 0 saturated carbocycles. The lowest BCUT2D eigenvalue weighted by atomic mass is 10.1. The highest BCUT2D eigenvalue weighted by Crippen LogP contribution is 2.26. The largest absolute Gasteiger partial charge is 0.379 e. The van der Waals surface area contributed by atoms with Crippen molar-refractivity contribution in [2.45, 2.75) is 24.3 Å². The molecule has 2 aliphatic rings. The molecule has 4 rings (SSSR count). The molecular weight excluding hydrogens is 416 g/mol. The third-order valence-electron chi connectivity index (χ3n) is 5.81. The molecule has 2 aromatic carbocycles. The summed E-state index contributed by atoms with van der Waals surface area (Å²) in [5, 5.41) is 0. The minimum absolute atomic E-state index is 0.176. The van der Waals surface area contributed by atoms with E-state index in [2.05, 4.69) is 0 Å². The maximum absolute atomic E-state index is 13.3. The van der Waals surface area contributed by atoms with E-state index in [0.29, 0.717) is 63.5 Å². The van der Waals surface area contributed by atoms with E-state index >= 15 is 0 Å². The van der Waals surface area contributed by atoms with Crippen LogP contribution in [-0.2, 0) is 25.9 Å². The molecule has 0 aliphatic carbocycles. The van der Waals surface area contributed by atoms with Crippen molar-refractivity contribution in [3.05, 3.63) is 65.2 Å². The van der Waals surface area contributed by atoms with Crippen LogP contribution in [0.25, 0.3) is 0 Å². The molecule has 8 heteroatoms. The molecule has 0 N–H and O–H groups in total. The molecule has 0 spiro atoms. The van der Waals surface area contributed by atoms with Gasteiger partial charge < -0.3 is 14.4 Å². The number of morpholine rings is 2. The van der Waals surface area contributed by atoms with Crippen molar-refractivity contribution in [3.8, 4) is 0 Å². The van der Waals surface area contributed by atoms with Crippen molar-refractivity contribution in [1.82, 2.24) is 9.21 Å². The number of carbonyl (C=O) groups is 1. The Morgan fingerprint density at radius 2 is 1.77 bits per heavy atom. The number of aryl methyl sites for hydroxylation is 1. The van der Waals surface area contributed by atoms with Crippen LogP contribution in [0.2, 0.25) is 0 Å². The number of nitrogens with zero attached hydrogens (tertiary/aromatic N) is 2. The van der Waals surface area contributed by atoms with Crippen LogP contribution in [-0.4, -0.2) is 69.5 Å². The van der Waals surface area contributed by atoms with E-state index in [1.807, 2.05) is 37.3 Å². The Morgan fingerprint density at radius 3 is 2.48 bits per heavy atom. The van der Waals surface area contributed by atoms with Gasteiger partial charge in [-0.05, 0) is 29.7 Å². The molecular formula is C23H28N2O5S. The summed E-state index contributed by atoms with van der Waals surface area (Å²) in [5.41, 5.74) is 2.13. The molecule has 2 heterocycles. The van der Waals surface area contributed by atoms with Crippen LogP contribution in [0.3, 0.4) is 0 Å². The Labute approximate surface area is 183 Å². The molecule has 31 heavy (non-hydrogen) atoms. The van der Waals surface area contributed by atoms with Gasteiger partial charge >= 0.3 is 0 Å². The van der Waals surface area contributed by atoms with E-state index in [-0.39, 0.29) is 16.9 Å². The summed E-state index contributed by atoms with van der Waals surface area (Å²) < 4.78 is 39.2. The van der Waals surface area contributed by atoms with Crippen LogP contribution >= 0.6 is 0 Å². The molecule has 7 nitrogen and oxygen atoms in total. The summed E-state index contributed by atoms with van der Waals surface area (Å²) >= 11 is 0. The van der Waals surface area contributed by atoms with E-state index in [1.165, 1.54) is 4.31 Å². The highest BCUT2D eigenvalue weighted by molar-refractivity contribution is 7.89. The fraction of sp³-hybridized carbons (Fsp3) is 0.435. The smallest absolute Gasteiger partial charge is 0.254 e. The predicted molar refractivity (Wildman–Crippen MR) is 116 cm³/mol. The summed E-state index contributed by atoms with van der Waals surface area (Å²) in [7, 11) is -3.69. The van der Waals surface area contributed by atoms with Crippen LogP contribution in [0.1, 0.15) is 34.5 Å². The lowest BCUT2D eigenvalue weighted by Gasteiger charge is -2.33. The minimum atomic E-state index is -3.69. The zero-order valence-electron chi connectivity index (χ0n) is 17.7. The van der Waals surface area contributed by atoms with Gasteiger partial charge in [0.2, 0.25) is 10.0 Å². The molecule has 0 radical (unpaired) electrons. The average molecular weight is 445 g/mol. The Morgan fingerprint density at radius 1 is 1.03 bits per heavy atom. The molecule has 2 fully saturated rings. The highest BCUT2D eigenvalue weighted by atomic mass is 32.2. The van der Waals surface area contributed by atoms with Gasteiger partial charge in [-0.15, -0.1) is 0 Å². The van der Waals surface area contributed by atoms with Gasteiger partial charge in [0.1, 0.15) is 6.10 Å². The molecule has 0 aromatic heterocycles. The monoisotopic (exact) mass is 444 g/mol. The summed E-state index contributed by atoms with van der Waals surface area (Å²) in [6.45, 7) is 4.69. The summed E-state index contributed by atoms with van der Waals surface area (Å²) in [6.07, 6.45) is 0.381. The van der Waals surface area contributed by atoms with Crippen molar-refractivity contribution in [2.24, 2.45) is 0 Å². The highest BCUT2D eigenvalue weighted by Gasteiger charge is 2.31. The van der Waals surface area contributed by atoms with Gasteiger partial charge in [-0.1, -0.05) is 43.3 Å². The van der Waals surface area contributed by atoms with Gasteiger partial charge in [-0.25, -0.2) is 8.42 Å². The second-order valence-corrected chi connectivity index (χ2v) is 9.62. The maximum atomic E-state index is 13.3. The zero-order chi connectivity index (χ0) is 21.8. The summed E-state index contributed by atoms with van der Waals surface area (Å²) in [6, 6.07) is 14.9. The maximum Gasteiger partial charge on any atom is 0.254 e. The average Bonchev–Trinajstić information content (AvgIpc) is 2.84. The number of sulfonamides is 1. The van der Waals surface area contributed by atoms with Crippen molar-refractivity contribution in [2.75, 3.05) is 46.0 Å². The van der Waals surface area contributed by atoms with E-state index < -0.39 is 10.0 Å². The number of carbonyl (C=O) groups excluding carboxylic acids is 1. The Kier molecular flexibility index (Phi) is 6.71. The third-order valence-corrected chi connectivity index (χ3v) is 7.79. The van der Waals surface area contributed by atoms with E-state index in [4.69, 9.17) is 9.47 Å². The Bertz CT molecular complexity index is 1020. The molecule has 2 aromatic rings. The predicted octanol–water partition coefficient (Wildman–Crippen LogP) is 2.48. The van der Waals surface area contributed by atoms with Crippen LogP contribution in [0.5, 0.6) is 0 Å². The van der Waals surface area contributed by atoms with Gasteiger partial charge in [0.15, 0.2) is 0 Å². The number of benzene rings is 2. The van der Waals surface area contributed by atoms with Gasteiger partial charge in [-0.3, -0.25) is 4.79 Å². The second-order valence-electron chi connectivity index (χ2n) is 7.71. The number of rotatable bonds is 5. The first-order chi connectivity index (χ1) is 15.0. The summed E-state index contributed by atoms with van der Waals surface area (Å²) in [5.74, 6) is -0.176. The molecule has 0 bridgehead atoms. The number of hydrogen-bond donors (Lipinski definition) is 0. The first kappa shape index (κ1) is 22.0. The number of hydrogen-bond acceptors (Lipinski definition) is 5. The van der Waals surface area contributed by atoms with E-state index in [0.717, 1.165) is 5.56 Å². The van der Waals surface area contributed by atoms with Crippen molar-refractivity contribution < 1.29 is 22.7 Å². The number of ether oxygens (including phenoxy) is 2. The van der Waals surface area contributed by atoms with Crippen LogP contribution in [0.4, 0.5) is 0 Å². The summed E-state index contributed by atoms with van der Waals surface area (Å²) in [4.78, 5) is 15.2. The van der Waals surface area contributed by atoms with Gasteiger partial charge in [-0.2, -0.15) is 4.31 Å². The number of amides is 1. The fourth-order valence-corrected chi connectivity index (χ4v) is 5.76. The fourth-order valence-electron chi connectivity index (χ4n) is 4.03. The normalized spacial score (nSPS) is 20.5. The first-order valence-corrected chi connectivity index (χ1v) is 12.1. The topological polar surface area (TPSA) is 76.2 Å². The van der Waals surface area contributed by atoms with Gasteiger partial charge in [0.05, 0.1) is 31.3 Å². The van der Waals surface area contributed by atoms with Crippen molar-refractivity contribution in [1.29, 1.82) is 0 Å². The van der Waals surface area contributed by atoms with Crippen molar-refractivity contribution >= 4 is 15.9 Å². The Hall–Kier alpha value is -2.26. The quantitative estimate of drug-likeness (QED) is 0.708. The van der Waals surface area contributed by atoms with Gasteiger partial charge in [0, 0.05) is 25.2 Å². The van der Waals surface area contributed by atoms with Crippen LogP contribution in [0, 0.1) is 0 Å². The lowest BCUT2D eigenvalue weighted by Crippen LogP contribution is -2.42.